The molecule has 2 saturated heterocycles. The van der Waals surface area contributed by atoms with Crippen molar-refractivity contribution < 1.29 is 33.5 Å². The molecule has 2 aliphatic heterocycles. The number of carbonyl (C=O) groups is 1. The number of urea groups is 1. The zero-order chi connectivity index (χ0) is 26.9. The van der Waals surface area contributed by atoms with Crippen molar-refractivity contribution in [2.45, 2.75) is 58.9 Å². The summed E-state index contributed by atoms with van der Waals surface area (Å²) >= 11 is 1.85. The molecule has 0 saturated carbocycles. The molecule has 1 unspecified atom stereocenters. The maximum atomic E-state index is 12.8. The summed E-state index contributed by atoms with van der Waals surface area (Å²) in [5.41, 5.74) is 5.77. The number of rotatable bonds is 4. The molecule has 1 aromatic heterocycles. The minimum Gasteiger partial charge on any atom is -1.00 e. The van der Waals surface area contributed by atoms with Crippen LogP contribution in [0.25, 0.3) is 20.4 Å². The number of anilines is 2. The van der Waals surface area contributed by atoms with Crippen molar-refractivity contribution >= 4 is 49.2 Å². The highest BCUT2D eigenvalue weighted by molar-refractivity contribution is 7.24. The number of nitrogens with zero attached hydrogens (tertiary/aromatic N) is 4. The number of hydrogen-bond acceptors (Lipinski definition) is 5. The molecule has 9 heteroatoms. The van der Waals surface area contributed by atoms with Crippen LogP contribution in [-0.4, -0.2) is 73.9 Å². The molecular weight excluding hydrogens is 621 g/mol. The molecule has 1 atom stereocenters. The van der Waals surface area contributed by atoms with Gasteiger partial charge < -0.3 is 48.7 Å². The summed E-state index contributed by atoms with van der Waals surface area (Å²) in [7, 11) is 0. The Morgan fingerprint density at radius 1 is 1.00 bits per heavy atom. The summed E-state index contributed by atoms with van der Waals surface area (Å²) in [4.78, 5) is 24.8. The maximum absolute atomic E-state index is 12.8. The van der Waals surface area contributed by atoms with Crippen molar-refractivity contribution in [1.82, 2.24) is 15.2 Å². The fourth-order valence-corrected chi connectivity index (χ4v) is 6.38. The minimum absolute atomic E-state index is 0. The number of fused-ring (bicyclic) bond motifs is 2. The van der Waals surface area contributed by atoms with E-state index in [4.69, 9.17) is 9.72 Å². The minimum atomic E-state index is -0.231. The Balaban J connectivity index is 0.00000353. The normalized spacial score (nSPS) is 17.6. The molecular formula is C30H42IN5O2S. The molecule has 2 aliphatic rings. The molecule has 3 heterocycles. The van der Waals surface area contributed by atoms with Gasteiger partial charge in [-0.1, -0.05) is 13.8 Å². The molecule has 1 N–H and O–H groups in total. The van der Waals surface area contributed by atoms with E-state index in [0.29, 0.717) is 5.92 Å². The van der Waals surface area contributed by atoms with Crippen LogP contribution in [0.4, 0.5) is 16.2 Å². The molecule has 0 bridgehead atoms. The lowest BCUT2D eigenvalue weighted by molar-refractivity contribution is -0.0000135. The molecule has 212 valence electrons. The van der Waals surface area contributed by atoms with Crippen LogP contribution in [-0.2, 0) is 4.74 Å². The maximum Gasteiger partial charge on any atom is 0.317 e. The molecule has 0 aliphatic carbocycles. The van der Waals surface area contributed by atoms with E-state index in [0.717, 1.165) is 76.4 Å². The van der Waals surface area contributed by atoms with Crippen molar-refractivity contribution in [3.8, 4) is 0 Å². The van der Waals surface area contributed by atoms with Gasteiger partial charge in [-0.05, 0) is 63.3 Å². The van der Waals surface area contributed by atoms with Gasteiger partial charge in [0.1, 0.15) is 11.0 Å². The van der Waals surface area contributed by atoms with Crippen LogP contribution in [0.2, 0.25) is 0 Å². The number of benzene rings is 2. The fourth-order valence-electron chi connectivity index (χ4n) is 5.30. The Morgan fingerprint density at radius 3 is 2.44 bits per heavy atom. The van der Waals surface area contributed by atoms with Crippen LogP contribution in [0.1, 0.15) is 58.9 Å². The van der Waals surface area contributed by atoms with Gasteiger partial charge in [-0.3, -0.25) is 0 Å². The smallest absolute Gasteiger partial charge is 0.317 e. The number of ether oxygens (including phenoxy) is 1. The SMILES string of the molecule is CCC(C)c1cc(N2CCCN(C(=O)NC(C)(C)C)CC2)cc2[s+]c3cc(N4CCOCC4)ccc3nc12.[I-]. The van der Waals surface area contributed by atoms with Gasteiger partial charge in [-0.2, -0.15) is 0 Å². The van der Waals surface area contributed by atoms with Gasteiger partial charge in [-0.15, -0.1) is 0 Å². The Labute approximate surface area is 253 Å². The first-order valence-electron chi connectivity index (χ1n) is 14.1. The van der Waals surface area contributed by atoms with Crippen LogP contribution in [0.15, 0.2) is 30.3 Å². The molecule has 3 aromatic rings. The number of amides is 2. The second kappa shape index (κ2) is 12.7. The Kier molecular flexibility index (Phi) is 9.75. The van der Waals surface area contributed by atoms with Crippen LogP contribution < -0.4 is 39.1 Å². The number of carbonyl (C=O) groups excluding carboxylic acids is 1. The quantitative estimate of drug-likeness (QED) is 0.264. The monoisotopic (exact) mass is 663 g/mol. The highest BCUT2D eigenvalue weighted by Gasteiger charge is 2.26. The number of halogens is 1. The number of hydrogen-bond donors (Lipinski definition) is 1. The summed E-state index contributed by atoms with van der Waals surface area (Å²) < 4.78 is 8.00. The molecule has 2 aromatic carbocycles. The molecule has 5 rings (SSSR count). The average Bonchev–Trinajstić information content (AvgIpc) is 3.17. The first-order valence-corrected chi connectivity index (χ1v) is 14.9. The van der Waals surface area contributed by atoms with Crippen LogP contribution in [0, 0.1) is 0 Å². The molecule has 2 fully saturated rings. The Bertz CT molecular complexity index is 1310. The summed E-state index contributed by atoms with van der Waals surface area (Å²) in [6.07, 6.45) is 2.02. The fraction of sp³-hybridized carbons (Fsp3) is 0.567. The Morgan fingerprint density at radius 2 is 1.72 bits per heavy atom. The highest BCUT2D eigenvalue weighted by atomic mass is 127. The first-order chi connectivity index (χ1) is 18.2. The average molecular weight is 664 g/mol. The van der Waals surface area contributed by atoms with E-state index >= 15 is 0 Å². The lowest BCUT2D eigenvalue weighted by Crippen LogP contribution is -3.00. The standard InChI is InChI=1S/C30H41N5O2S.HI/c1-6-21(2)24-18-23(33-10-7-11-35(13-12-33)29(36)32-30(3,4)5)20-27-28(24)31-25-9-8-22(19-26(25)38-27)34-14-16-37-17-15-34;/h8-9,18-21H,6-7,10-17H2,1-5H3;1H. The zero-order valence-electron chi connectivity index (χ0n) is 23.9. The van der Waals surface area contributed by atoms with Gasteiger partial charge in [-0.25, -0.2) is 9.78 Å². The van der Waals surface area contributed by atoms with E-state index in [1.165, 1.54) is 26.3 Å². The lowest BCUT2D eigenvalue weighted by Gasteiger charge is -2.28. The van der Waals surface area contributed by atoms with Crippen molar-refractivity contribution in [3.63, 3.8) is 0 Å². The predicted octanol–water partition coefficient (Wildman–Crippen LogP) is 3.10. The van der Waals surface area contributed by atoms with E-state index in [1.54, 1.807) is 0 Å². The van der Waals surface area contributed by atoms with Crippen LogP contribution >= 0.6 is 11.3 Å². The second-order valence-electron chi connectivity index (χ2n) is 11.7. The van der Waals surface area contributed by atoms with Crippen molar-refractivity contribution in [2.75, 3.05) is 62.3 Å². The molecule has 0 spiro atoms. The summed E-state index contributed by atoms with van der Waals surface area (Å²) in [5, 5.41) is 3.12. The van der Waals surface area contributed by atoms with Gasteiger partial charge >= 0.3 is 6.03 Å². The summed E-state index contributed by atoms with van der Waals surface area (Å²) in [5.74, 6) is 0.420. The third-order valence-electron chi connectivity index (χ3n) is 7.63. The van der Waals surface area contributed by atoms with Gasteiger partial charge in [0, 0.05) is 68.3 Å². The van der Waals surface area contributed by atoms with Crippen LogP contribution in [0.5, 0.6) is 0 Å². The van der Waals surface area contributed by atoms with Gasteiger partial charge in [0.2, 0.25) is 11.3 Å². The third kappa shape index (κ3) is 7.03. The van der Waals surface area contributed by atoms with E-state index in [9.17, 15) is 4.79 Å². The van der Waals surface area contributed by atoms with Crippen molar-refractivity contribution in [2.24, 2.45) is 0 Å². The van der Waals surface area contributed by atoms with E-state index in [-0.39, 0.29) is 35.5 Å². The van der Waals surface area contributed by atoms with E-state index < -0.39 is 0 Å². The summed E-state index contributed by atoms with van der Waals surface area (Å²) in [6.45, 7) is 17.3. The molecule has 7 nitrogen and oxygen atoms in total. The van der Waals surface area contributed by atoms with Gasteiger partial charge in [0.05, 0.1) is 13.2 Å². The molecule has 2 amide bonds. The van der Waals surface area contributed by atoms with Crippen molar-refractivity contribution in [1.29, 1.82) is 0 Å². The van der Waals surface area contributed by atoms with Crippen molar-refractivity contribution in [3.05, 3.63) is 35.9 Å². The van der Waals surface area contributed by atoms with Gasteiger partial charge in [0.25, 0.3) is 9.40 Å². The Hall–Kier alpha value is -1.98. The van der Waals surface area contributed by atoms with E-state index in [2.05, 4.69) is 59.3 Å². The van der Waals surface area contributed by atoms with E-state index in [1.807, 2.05) is 37.0 Å². The molecule has 0 radical (unpaired) electrons. The molecule has 39 heavy (non-hydrogen) atoms. The number of nitrogens with one attached hydrogen (secondary N) is 1. The zero-order valence-corrected chi connectivity index (χ0v) is 26.9. The third-order valence-corrected chi connectivity index (χ3v) is 8.71. The number of aromatic nitrogens is 1. The topological polar surface area (TPSA) is 60.9 Å². The van der Waals surface area contributed by atoms with Gasteiger partial charge in [0.15, 0.2) is 0 Å². The largest absolute Gasteiger partial charge is 1.00 e. The first kappa shape index (κ1) is 30.0. The van der Waals surface area contributed by atoms with Crippen LogP contribution in [0.3, 0.4) is 0 Å². The summed E-state index contributed by atoms with van der Waals surface area (Å²) in [6, 6.07) is 11.4. The second-order valence-corrected chi connectivity index (χ2v) is 12.7. The lowest BCUT2D eigenvalue weighted by atomic mass is 9.96. The highest BCUT2D eigenvalue weighted by Crippen LogP contribution is 2.37. The number of morpholine rings is 1. The predicted molar refractivity (Wildman–Crippen MR) is 160 cm³/mol.